The number of nitrogens with zero attached hydrogens (tertiary/aromatic N) is 2. The largest absolute Gasteiger partial charge is 0.281 e. The molecule has 0 radical (unpaired) electrons. The van der Waals surface area contributed by atoms with Crippen molar-refractivity contribution in [3.63, 3.8) is 0 Å². The molecule has 5 rings (SSSR count). The molecular weight excluding hydrogens is 370 g/mol. The topological polar surface area (TPSA) is 64.0 Å². The second kappa shape index (κ2) is 6.35. The van der Waals surface area contributed by atoms with E-state index in [2.05, 4.69) is 10.4 Å². The van der Waals surface area contributed by atoms with E-state index < -0.39 is 4.75 Å². The molecule has 28 heavy (non-hydrogen) atoms. The van der Waals surface area contributed by atoms with Crippen molar-refractivity contribution in [2.45, 2.75) is 9.90 Å². The third-order valence-corrected chi connectivity index (χ3v) is 6.30. The number of aromatic nitrogens is 2. The molecule has 3 aromatic carbocycles. The standard InChI is InChI=1S/C22H15N3O2S/c26-19-17-13-7-8-14-18(17)23-21-25(19)24-20(27)22(28-21,15-9-3-1-4-10-15)16-11-5-2-6-12-16/h1-14H,(H,24,27). The predicted molar refractivity (Wildman–Crippen MR) is 110 cm³/mol. The number of nitrogens with one attached hydrogen (secondary N) is 1. The van der Waals surface area contributed by atoms with Crippen LogP contribution in [0.4, 0.5) is 0 Å². The number of fused-ring (bicyclic) bond motifs is 2. The summed E-state index contributed by atoms with van der Waals surface area (Å²) >= 11 is 1.29. The first-order valence-corrected chi connectivity index (χ1v) is 9.65. The van der Waals surface area contributed by atoms with Crippen LogP contribution in [0.1, 0.15) is 11.1 Å². The highest BCUT2D eigenvalue weighted by Crippen LogP contribution is 2.48. The van der Waals surface area contributed by atoms with E-state index in [4.69, 9.17) is 0 Å². The fraction of sp³-hybridized carbons (Fsp3) is 0.0455. The van der Waals surface area contributed by atoms with Gasteiger partial charge in [0.15, 0.2) is 9.90 Å². The van der Waals surface area contributed by atoms with E-state index in [1.165, 1.54) is 16.4 Å². The summed E-state index contributed by atoms with van der Waals surface area (Å²) in [5.74, 6) is -0.276. The highest BCUT2D eigenvalue weighted by atomic mass is 32.2. The zero-order valence-corrected chi connectivity index (χ0v) is 15.5. The maximum absolute atomic E-state index is 13.4. The fourth-order valence-corrected chi connectivity index (χ4v) is 4.82. The lowest BCUT2D eigenvalue weighted by Crippen LogP contribution is -2.49. The number of rotatable bonds is 2. The van der Waals surface area contributed by atoms with Crippen molar-refractivity contribution >= 4 is 28.6 Å². The van der Waals surface area contributed by atoms with Gasteiger partial charge in [-0.15, -0.1) is 0 Å². The number of para-hydroxylation sites is 1. The summed E-state index contributed by atoms with van der Waals surface area (Å²) in [7, 11) is 0. The molecule has 0 aliphatic carbocycles. The minimum atomic E-state index is -1.04. The quantitative estimate of drug-likeness (QED) is 0.536. The van der Waals surface area contributed by atoms with Crippen LogP contribution in [-0.2, 0) is 9.54 Å². The molecule has 0 fully saturated rings. The van der Waals surface area contributed by atoms with Crippen molar-refractivity contribution in [1.29, 1.82) is 0 Å². The monoisotopic (exact) mass is 385 g/mol. The molecule has 1 aliphatic heterocycles. The minimum Gasteiger partial charge on any atom is -0.271 e. The fourth-order valence-electron chi connectivity index (χ4n) is 3.54. The van der Waals surface area contributed by atoms with Crippen LogP contribution < -0.4 is 11.0 Å². The third-order valence-electron chi connectivity index (χ3n) is 4.88. The Balaban J connectivity index is 1.80. The molecule has 2 heterocycles. The van der Waals surface area contributed by atoms with Crippen LogP contribution in [0.2, 0.25) is 0 Å². The van der Waals surface area contributed by atoms with E-state index >= 15 is 0 Å². The second-order valence-electron chi connectivity index (χ2n) is 6.51. The Labute approximate surface area is 165 Å². The summed E-state index contributed by atoms with van der Waals surface area (Å²) < 4.78 is 0.212. The van der Waals surface area contributed by atoms with Crippen LogP contribution in [0, 0.1) is 0 Å². The summed E-state index contributed by atoms with van der Waals surface area (Å²) in [6, 6.07) is 26.3. The molecule has 0 saturated heterocycles. The number of hydrogen-bond donors (Lipinski definition) is 1. The van der Waals surface area contributed by atoms with E-state index in [9.17, 15) is 9.59 Å². The zero-order valence-electron chi connectivity index (χ0n) is 14.7. The van der Waals surface area contributed by atoms with E-state index in [-0.39, 0.29) is 11.5 Å². The van der Waals surface area contributed by atoms with Gasteiger partial charge >= 0.3 is 0 Å². The van der Waals surface area contributed by atoms with Crippen LogP contribution in [0.5, 0.6) is 0 Å². The van der Waals surface area contributed by atoms with Gasteiger partial charge in [-0.25, -0.2) is 4.98 Å². The number of amides is 1. The number of hydrogen-bond acceptors (Lipinski definition) is 4. The third kappa shape index (κ3) is 2.38. The summed E-state index contributed by atoms with van der Waals surface area (Å²) in [5.41, 5.74) is 4.78. The Morgan fingerprint density at radius 1 is 0.786 bits per heavy atom. The molecule has 1 amide bonds. The van der Waals surface area contributed by atoms with Gasteiger partial charge in [-0.1, -0.05) is 84.6 Å². The van der Waals surface area contributed by atoms with Gasteiger partial charge in [-0.2, -0.15) is 4.68 Å². The molecule has 0 bridgehead atoms. The van der Waals surface area contributed by atoms with Crippen LogP contribution in [0.3, 0.4) is 0 Å². The Hall–Kier alpha value is -3.38. The van der Waals surface area contributed by atoms with E-state index in [0.29, 0.717) is 16.1 Å². The van der Waals surface area contributed by atoms with Crippen LogP contribution in [0.25, 0.3) is 10.9 Å². The molecular formula is C22H15N3O2S. The van der Waals surface area contributed by atoms with Crippen molar-refractivity contribution < 1.29 is 4.79 Å². The first-order valence-electron chi connectivity index (χ1n) is 8.83. The van der Waals surface area contributed by atoms with Gasteiger partial charge in [0.25, 0.3) is 11.5 Å². The van der Waals surface area contributed by atoms with Crippen molar-refractivity contribution in [2.24, 2.45) is 0 Å². The highest BCUT2D eigenvalue weighted by molar-refractivity contribution is 8.01. The van der Waals surface area contributed by atoms with Crippen molar-refractivity contribution in [3.8, 4) is 0 Å². The smallest absolute Gasteiger partial charge is 0.271 e. The summed E-state index contributed by atoms with van der Waals surface area (Å²) in [6.07, 6.45) is 0. The zero-order chi connectivity index (χ0) is 19.1. The Morgan fingerprint density at radius 3 is 2.00 bits per heavy atom. The molecule has 136 valence electrons. The highest BCUT2D eigenvalue weighted by Gasteiger charge is 2.47. The van der Waals surface area contributed by atoms with Crippen LogP contribution >= 0.6 is 11.8 Å². The van der Waals surface area contributed by atoms with Gasteiger partial charge in [0.1, 0.15) is 0 Å². The van der Waals surface area contributed by atoms with Gasteiger partial charge in [0.2, 0.25) is 0 Å². The molecule has 0 unspecified atom stereocenters. The number of thioether (sulfide) groups is 1. The molecule has 0 spiro atoms. The summed E-state index contributed by atoms with van der Waals surface area (Å²) in [6.45, 7) is 0. The van der Waals surface area contributed by atoms with Crippen LogP contribution in [0.15, 0.2) is 94.9 Å². The lowest BCUT2D eigenvalue weighted by molar-refractivity contribution is -0.119. The lowest BCUT2D eigenvalue weighted by Gasteiger charge is -2.36. The van der Waals surface area contributed by atoms with E-state index in [0.717, 1.165) is 11.1 Å². The predicted octanol–water partition coefficient (Wildman–Crippen LogP) is 3.52. The van der Waals surface area contributed by atoms with Gasteiger partial charge in [0.05, 0.1) is 10.9 Å². The first-order chi connectivity index (χ1) is 13.7. The summed E-state index contributed by atoms with van der Waals surface area (Å²) in [5, 5.41) is 0.926. The molecule has 0 saturated carbocycles. The Bertz CT molecular complexity index is 1210. The van der Waals surface area contributed by atoms with Crippen molar-refractivity contribution in [2.75, 3.05) is 5.43 Å². The van der Waals surface area contributed by atoms with Gasteiger partial charge < -0.3 is 0 Å². The summed E-state index contributed by atoms with van der Waals surface area (Å²) in [4.78, 5) is 31.0. The van der Waals surface area contributed by atoms with E-state index in [1.807, 2.05) is 66.7 Å². The number of benzene rings is 3. The van der Waals surface area contributed by atoms with Gasteiger partial charge in [0, 0.05) is 0 Å². The average molecular weight is 385 g/mol. The molecule has 1 N–H and O–H groups in total. The maximum Gasteiger partial charge on any atom is 0.281 e. The molecule has 6 heteroatoms. The molecule has 1 aromatic heterocycles. The molecule has 1 aliphatic rings. The molecule has 5 nitrogen and oxygen atoms in total. The minimum absolute atomic E-state index is 0.276. The number of carbonyl (C=O) groups is 1. The van der Waals surface area contributed by atoms with Crippen molar-refractivity contribution in [1.82, 2.24) is 9.66 Å². The van der Waals surface area contributed by atoms with Crippen LogP contribution in [-0.4, -0.2) is 15.6 Å². The first kappa shape index (κ1) is 16.8. The van der Waals surface area contributed by atoms with Gasteiger partial charge in [-0.3, -0.25) is 15.0 Å². The molecule has 0 atom stereocenters. The average Bonchev–Trinajstić information content (AvgIpc) is 2.75. The SMILES string of the molecule is O=C1Nn2c(nc3ccccc3c2=O)SC1(c1ccccc1)c1ccccc1. The normalized spacial score (nSPS) is 15.1. The second-order valence-corrected chi connectivity index (χ2v) is 7.69. The van der Waals surface area contributed by atoms with Gasteiger partial charge in [-0.05, 0) is 23.3 Å². The molecule has 4 aromatic rings. The number of carbonyl (C=O) groups excluding carboxylic acids is 1. The lowest BCUT2D eigenvalue weighted by atomic mass is 9.89. The Morgan fingerprint density at radius 2 is 1.36 bits per heavy atom. The van der Waals surface area contributed by atoms with Crippen molar-refractivity contribution in [3.05, 3.63) is 106 Å². The maximum atomic E-state index is 13.4. The van der Waals surface area contributed by atoms with E-state index in [1.54, 1.807) is 18.2 Å². The Kier molecular flexibility index (Phi) is 3.80.